The third kappa shape index (κ3) is 6.98. The Bertz CT molecular complexity index is 501. The predicted octanol–water partition coefficient (Wildman–Crippen LogP) is 1.59. The van der Waals surface area contributed by atoms with Crippen LogP contribution in [0.5, 0.6) is 0 Å². The third-order valence-electron chi connectivity index (χ3n) is 3.01. The molecule has 0 spiro atoms. The fraction of sp³-hybridized carbons (Fsp3) is 0.643. The van der Waals surface area contributed by atoms with E-state index >= 15 is 0 Å². The van der Waals surface area contributed by atoms with E-state index in [1.807, 2.05) is 13.0 Å². The lowest BCUT2D eigenvalue weighted by Gasteiger charge is -2.09. The average molecular weight is 299 g/mol. The number of pyridine rings is 1. The first-order chi connectivity index (χ1) is 9.41. The number of nitrogens with zero attached hydrogens (tertiary/aromatic N) is 1. The Morgan fingerprint density at radius 2 is 2.05 bits per heavy atom. The second kappa shape index (κ2) is 8.34. The van der Waals surface area contributed by atoms with Crippen molar-refractivity contribution in [3.63, 3.8) is 0 Å². The number of nitrogens with one attached hydrogen (secondary N) is 2. The molecule has 0 amide bonds. The second-order valence-corrected chi connectivity index (χ2v) is 7.18. The molecule has 2 N–H and O–H groups in total. The van der Waals surface area contributed by atoms with Gasteiger partial charge in [-0.25, -0.2) is 13.1 Å². The molecule has 0 aliphatic heterocycles. The molecule has 1 heterocycles. The van der Waals surface area contributed by atoms with Gasteiger partial charge in [-0.2, -0.15) is 0 Å². The van der Waals surface area contributed by atoms with Crippen molar-refractivity contribution in [2.45, 2.75) is 46.2 Å². The van der Waals surface area contributed by atoms with E-state index in [0.717, 1.165) is 24.1 Å². The molecule has 0 aliphatic rings. The van der Waals surface area contributed by atoms with Crippen LogP contribution in [0.15, 0.2) is 18.5 Å². The molecule has 1 aromatic rings. The molecule has 0 radical (unpaired) electrons. The van der Waals surface area contributed by atoms with Gasteiger partial charge in [0.25, 0.3) is 0 Å². The molecule has 0 fully saturated rings. The summed E-state index contributed by atoms with van der Waals surface area (Å²) >= 11 is 0. The molecule has 0 saturated carbocycles. The smallest absolute Gasteiger partial charge is 0.211 e. The van der Waals surface area contributed by atoms with Crippen LogP contribution in [0.3, 0.4) is 0 Å². The Kier molecular flexibility index (Phi) is 7.12. The lowest BCUT2D eigenvalue weighted by Crippen LogP contribution is -2.27. The summed E-state index contributed by atoms with van der Waals surface area (Å²) < 4.78 is 26.4. The molecular weight excluding hydrogens is 274 g/mol. The van der Waals surface area contributed by atoms with E-state index in [0.29, 0.717) is 19.0 Å². The number of aryl methyl sites for hydroxylation is 1. The highest BCUT2D eigenvalue weighted by molar-refractivity contribution is 7.89. The van der Waals surface area contributed by atoms with Gasteiger partial charge in [0.2, 0.25) is 10.0 Å². The maximum Gasteiger partial charge on any atom is 0.211 e. The minimum Gasteiger partial charge on any atom is -0.315 e. The number of unbranched alkanes of at least 4 members (excludes halogenated alkanes) is 1. The van der Waals surface area contributed by atoms with Crippen molar-refractivity contribution in [3.8, 4) is 0 Å². The summed E-state index contributed by atoms with van der Waals surface area (Å²) in [6.45, 7) is 7.27. The van der Waals surface area contributed by atoms with Crippen LogP contribution in [0, 0.1) is 6.92 Å². The van der Waals surface area contributed by atoms with Gasteiger partial charge in [0, 0.05) is 25.0 Å². The SMILES string of the molecule is Cc1cnccc1CNS(=O)(=O)CCCCNC(C)C. The van der Waals surface area contributed by atoms with E-state index in [-0.39, 0.29) is 5.75 Å². The van der Waals surface area contributed by atoms with Crippen molar-refractivity contribution in [1.29, 1.82) is 0 Å². The normalized spacial score (nSPS) is 12.0. The van der Waals surface area contributed by atoms with Gasteiger partial charge in [-0.05, 0) is 43.5 Å². The van der Waals surface area contributed by atoms with E-state index in [4.69, 9.17) is 0 Å². The van der Waals surface area contributed by atoms with E-state index in [1.165, 1.54) is 0 Å². The number of rotatable bonds is 9. The first-order valence-electron chi connectivity index (χ1n) is 7.01. The van der Waals surface area contributed by atoms with Crippen LogP contribution in [0.4, 0.5) is 0 Å². The molecular formula is C14H25N3O2S. The molecule has 20 heavy (non-hydrogen) atoms. The summed E-state index contributed by atoms with van der Waals surface area (Å²) in [6, 6.07) is 2.28. The van der Waals surface area contributed by atoms with Gasteiger partial charge in [-0.3, -0.25) is 4.98 Å². The Morgan fingerprint density at radius 1 is 1.30 bits per heavy atom. The number of aromatic nitrogens is 1. The number of sulfonamides is 1. The van der Waals surface area contributed by atoms with Crippen LogP contribution in [-0.4, -0.2) is 31.7 Å². The van der Waals surface area contributed by atoms with Gasteiger partial charge in [-0.15, -0.1) is 0 Å². The van der Waals surface area contributed by atoms with Gasteiger partial charge < -0.3 is 5.32 Å². The van der Waals surface area contributed by atoms with Crippen molar-refractivity contribution in [1.82, 2.24) is 15.0 Å². The van der Waals surface area contributed by atoms with Crippen LogP contribution in [0.2, 0.25) is 0 Å². The van der Waals surface area contributed by atoms with Gasteiger partial charge in [-0.1, -0.05) is 13.8 Å². The second-order valence-electron chi connectivity index (χ2n) is 5.26. The van der Waals surface area contributed by atoms with Gasteiger partial charge in [0.05, 0.1) is 5.75 Å². The van der Waals surface area contributed by atoms with E-state index in [9.17, 15) is 8.42 Å². The minimum atomic E-state index is -3.20. The highest BCUT2D eigenvalue weighted by Gasteiger charge is 2.10. The quantitative estimate of drug-likeness (QED) is 0.679. The van der Waals surface area contributed by atoms with Crippen LogP contribution in [0.25, 0.3) is 0 Å². The molecule has 5 nitrogen and oxygen atoms in total. The topological polar surface area (TPSA) is 71.1 Å². The lowest BCUT2D eigenvalue weighted by molar-refractivity contribution is 0.555. The Morgan fingerprint density at radius 3 is 2.70 bits per heavy atom. The van der Waals surface area contributed by atoms with Crippen molar-refractivity contribution in [3.05, 3.63) is 29.6 Å². The summed E-state index contributed by atoms with van der Waals surface area (Å²) in [5.41, 5.74) is 1.96. The zero-order valence-corrected chi connectivity index (χ0v) is 13.3. The van der Waals surface area contributed by atoms with Crippen LogP contribution in [-0.2, 0) is 16.6 Å². The fourth-order valence-electron chi connectivity index (χ4n) is 1.77. The van der Waals surface area contributed by atoms with Gasteiger partial charge in [0.15, 0.2) is 0 Å². The fourth-order valence-corrected chi connectivity index (χ4v) is 2.87. The summed E-state index contributed by atoms with van der Waals surface area (Å²) in [7, 11) is -3.20. The molecule has 0 saturated heterocycles. The zero-order chi connectivity index (χ0) is 15.0. The lowest BCUT2D eigenvalue weighted by atomic mass is 10.2. The molecule has 6 heteroatoms. The van der Waals surface area contributed by atoms with Gasteiger partial charge in [0.1, 0.15) is 0 Å². The molecule has 0 aliphatic carbocycles. The summed E-state index contributed by atoms with van der Waals surface area (Å²) in [5, 5.41) is 3.27. The monoisotopic (exact) mass is 299 g/mol. The maximum atomic E-state index is 11.9. The molecule has 0 bridgehead atoms. The minimum absolute atomic E-state index is 0.177. The van der Waals surface area contributed by atoms with Crippen LogP contribution in [0.1, 0.15) is 37.8 Å². The highest BCUT2D eigenvalue weighted by Crippen LogP contribution is 2.05. The van der Waals surface area contributed by atoms with Crippen LogP contribution >= 0.6 is 0 Å². The third-order valence-corrected chi connectivity index (χ3v) is 4.42. The Hall–Kier alpha value is -0.980. The number of hydrogen-bond donors (Lipinski definition) is 2. The van der Waals surface area contributed by atoms with E-state index in [2.05, 4.69) is 28.9 Å². The van der Waals surface area contributed by atoms with Crippen molar-refractivity contribution < 1.29 is 8.42 Å². The largest absolute Gasteiger partial charge is 0.315 e. The summed E-state index contributed by atoms with van der Waals surface area (Å²) in [4.78, 5) is 3.99. The maximum absolute atomic E-state index is 11.9. The molecule has 0 unspecified atom stereocenters. The van der Waals surface area contributed by atoms with Gasteiger partial charge >= 0.3 is 0 Å². The Balaban J connectivity index is 2.30. The van der Waals surface area contributed by atoms with E-state index < -0.39 is 10.0 Å². The zero-order valence-electron chi connectivity index (χ0n) is 12.5. The highest BCUT2D eigenvalue weighted by atomic mass is 32.2. The van der Waals surface area contributed by atoms with Crippen molar-refractivity contribution in [2.75, 3.05) is 12.3 Å². The predicted molar refractivity (Wildman–Crippen MR) is 82.0 cm³/mol. The summed E-state index contributed by atoms with van der Waals surface area (Å²) in [5.74, 6) is 0.177. The van der Waals surface area contributed by atoms with Crippen molar-refractivity contribution in [2.24, 2.45) is 0 Å². The van der Waals surface area contributed by atoms with Crippen LogP contribution < -0.4 is 10.0 Å². The average Bonchev–Trinajstić information content (AvgIpc) is 2.37. The Labute approximate surface area is 122 Å². The molecule has 0 atom stereocenters. The number of hydrogen-bond acceptors (Lipinski definition) is 4. The standard InChI is InChI=1S/C14H25N3O2S/c1-12(2)16-7-4-5-9-20(18,19)17-11-14-6-8-15-10-13(14)3/h6,8,10,12,16-17H,4-5,7,9,11H2,1-3H3. The first-order valence-corrected chi connectivity index (χ1v) is 8.66. The molecule has 1 aromatic heterocycles. The molecule has 1 rings (SSSR count). The van der Waals surface area contributed by atoms with E-state index in [1.54, 1.807) is 12.4 Å². The molecule has 114 valence electrons. The molecule has 0 aromatic carbocycles. The first kappa shape index (κ1) is 17.1. The summed E-state index contributed by atoms with van der Waals surface area (Å²) in [6.07, 6.45) is 4.95. The van der Waals surface area contributed by atoms with Crippen molar-refractivity contribution >= 4 is 10.0 Å².